The highest BCUT2D eigenvalue weighted by Crippen LogP contribution is 2.22. The van der Waals surface area contributed by atoms with E-state index < -0.39 is 0 Å². The summed E-state index contributed by atoms with van der Waals surface area (Å²) in [4.78, 5) is 22.8. The second kappa shape index (κ2) is 7.44. The van der Waals surface area contributed by atoms with Gasteiger partial charge in [0.1, 0.15) is 10.7 Å². The molecule has 1 amide bonds. The summed E-state index contributed by atoms with van der Waals surface area (Å²) in [5.74, 6) is -0.121. The van der Waals surface area contributed by atoms with Crippen LogP contribution in [0.25, 0.3) is 10.6 Å². The number of nitrogens with zero attached hydrogens (tertiary/aromatic N) is 3. The van der Waals surface area contributed by atoms with Crippen LogP contribution in [0.15, 0.2) is 29.9 Å². The van der Waals surface area contributed by atoms with Crippen molar-refractivity contribution in [2.75, 3.05) is 39.4 Å². The van der Waals surface area contributed by atoms with E-state index in [2.05, 4.69) is 20.2 Å². The van der Waals surface area contributed by atoms with E-state index in [4.69, 9.17) is 4.74 Å². The molecule has 1 fully saturated rings. The average Bonchev–Trinajstić information content (AvgIpc) is 3.07. The van der Waals surface area contributed by atoms with Gasteiger partial charge in [0.15, 0.2) is 0 Å². The quantitative estimate of drug-likeness (QED) is 0.899. The zero-order chi connectivity index (χ0) is 15.2. The fraction of sp³-hybridized carbons (Fsp3) is 0.400. The number of nitrogens with one attached hydrogen (secondary N) is 1. The molecule has 0 bridgehead atoms. The molecule has 0 unspecified atom stereocenters. The molecule has 1 saturated heterocycles. The topological polar surface area (TPSA) is 67.4 Å². The van der Waals surface area contributed by atoms with Crippen LogP contribution in [0.3, 0.4) is 0 Å². The molecule has 1 aliphatic rings. The Bertz CT molecular complexity index is 611. The van der Waals surface area contributed by atoms with Crippen molar-refractivity contribution in [2.45, 2.75) is 0 Å². The van der Waals surface area contributed by atoms with Gasteiger partial charge in [-0.3, -0.25) is 14.7 Å². The van der Waals surface area contributed by atoms with Crippen LogP contribution in [0.1, 0.15) is 10.5 Å². The molecular weight excluding hydrogens is 300 g/mol. The maximum Gasteiger partial charge on any atom is 0.270 e. The maximum absolute atomic E-state index is 12.1. The van der Waals surface area contributed by atoms with Crippen molar-refractivity contribution in [1.29, 1.82) is 0 Å². The molecule has 3 rings (SSSR count). The van der Waals surface area contributed by atoms with Crippen LogP contribution in [0, 0.1) is 0 Å². The van der Waals surface area contributed by atoms with Crippen molar-refractivity contribution in [2.24, 2.45) is 0 Å². The average molecular weight is 318 g/mol. The first-order chi connectivity index (χ1) is 10.8. The fourth-order valence-corrected chi connectivity index (χ4v) is 3.05. The summed E-state index contributed by atoms with van der Waals surface area (Å²) in [5, 5.41) is 5.55. The summed E-state index contributed by atoms with van der Waals surface area (Å²) in [7, 11) is 0. The highest BCUT2D eigenvalue weighted by Gasteiger charge is 2.13. The molecule has 0 spiro atoms. The van der Waals surface area contributed by atoms with Gasteiger partial charge in [-0.2, -0.15) is 0 Å². The Kier molecular flexibility index (Phi) is 5.10. The Balaban J connectivity index is 1.51. The van der Waals surface area contributed by atoms with Crippen molar-refractivity contribution in [3.63, 3.8) is 0 Å². The van der Waals surface area contributed by atoms with Gasteiger partial charge in [0.05, 0.1) is 13.2 Å². The van der Waals surface area contributed by atoms with E-state index in [0.29, 0.717) is 12.2 Å². The number of rotatable bonds is 5. The van der Waals surface area contributed by atoms with Gasteiger partial charge in [-0.1, -0.05) is 0 Å². The third-order valence-corrected chi connectivity index (χ3v) is 4.37. The van der Waals surface area contributed by atoms with E-state index in [1.807, 2.05) is 12.1 Å². The number of carbonyl (C=O) groups is 1. The Morgan fingerprint density at radius 1 is 1.32 bits per heavy atom. The van der Waals surface area contributed by atoms with Crippen LogP contribution in [-0.4, -0.2) is 60.2 Å². The van der Waals surface area contributed by atoms with Crippen LogP contribution in [-0.2, 0) is 4.74 Å². The van der Waals surface area contributed by atoms with Crippen LogP contribution in [0.4, 0.5) is 0 Å². The summed E-state index contributed by atoms with van der Waals surface area (Å²) in [5.41, 5.74) is 1.45. The first kappa shape index (κ1) is 15.1. The molecule has 2 aromatic rings. The Hall–Kier alpha value is -1.83. The minimum absolute atomic E-state index is 0.121. The second-order valence-corrected chi connectivity index (χ2v) is 5.84. The van der Waals surface area contributed by atoms with Crippen LogP contribution < -0.4 is 5.32 Å². The lowest BCUT2D eigenvalue weighted by Crippen LogP contribution is -2.41. The predicted octanol–water partition coefficient (Wildman–Crippen LogP) is 1.27. The highest BCUT2D eigenvalue weighted by molar-refractivity contribution is 7.13. The van der Waals surface area contributed by atoms with Crippen LogP contribution >= 0.6 is 11.3 Å². The lowest BCUT2D eigenvalue weighted by molar-refractivity contribution is 0.0383. The summed E-state index contributed by atoms with van der Waals surface area (Å²) in [6.45, 7) is 4.87. The molecule has 0 aliphatic carbocycles. The number of morpholine rings is 1. The van der Waals surface area contributed by atoms with E-state index in [1.54, 1.807) is 17.8 Å². The number of hydrogen-bond acceptors (Lipinski definition) is 6. The first-order valence-electron chi connectivity index (χ1n) is 7.27. The number of carbonyl (C=O) groups excluding carboxylic acids is 1. The second-order valence-electron chi connectivity index (χ2n) is 4.98. The van der Waals surface area contributed by atoms with Crippen LogP contribution in [0.5, 0.6) is 0 Å². The Morgan fingerprint density at radius 3 is 2.86 bits per heavy atom. The number of ether oxygens (including phenoxy) is 1. The summed E-state index contributed by atoms with van der Waals surface area (Å²) in [6, 6.07) is 3.78. The first-order valence-corrected chi connectivity index (χ1v) is 8.15. The van der Waals surface area contributed by atoms with Gasteiger partial charge in [0.25, 0.3) is 5.91 Å². The van der Waals surface area contributed by atoms with Gasteiger partial charge >= 0.3 is 0 Å². The van der Waals surface area contributed by atoms with Gasteiger partial charge < -0.3 is 10.1 Å². The Morgan fingerprint density at radius 2 is 2.09 bits per heavy atom. The molecule has 3 heterocycles. The van der Waals surface area contributed by atoms with Gasteiger partial charge in [0.2, 0.25) is 0 Å². The molecular formula is C15H18N4O2S. The highest BCUT2D eigenvalue weighted by atomic mass is 32.1. The molecule has 1 aliphatic heterocycles. The van der Waals surface area contributed by atoms with E-state index in [0.717, 1.165) is 43.4 Å². The van der Waals surface area contributed by atoms with Crippen molar-refractivity contribution in [3.8, 4) is 10.6 Å². The maximum atomic E-state index is 12.1. The SMILES string of the molecule is O=C(NCCN1CCOCC1)c1csc(-c2ccncc2)n1. The standard InChI is InChI=1S/C15H18N4O2S/c20-14(17-5-6-19-7-9-21-10-8-19)13-11-22-15(18-13)12-1-3-16-4-2-12/h1-4,11H,5-10H2,(H,17,20). The largest absolute Gasteiger partial charge is 0.379 e. The van der Waals surface area contributed by atoms with E-state index >= 15 is 0 Å². The normalized spacial score (nSPS) is 15.6. The van der Waals surface area contributed by atoms with Crippen molar-refractivity contribution >= 4 is 17.2 Å². The van der Waals surface area contributed by atoms with E-state index in [9.17, 15) is 4.79 Å². The molecule has 1 N–H and O–H groups in total. The van der Waals surface area contributed by atoms with E-state index in [-0.39, 0.29) is 5.91 Å². The summed E-state index contributed by atoms with van der Waals surface area (Å²) >= 11 is 1.47. The molecule has 22 heavy (non-hydrogen) atoms. The lowest BCUT2D eigenvalue weighted by atomic mass is 10.3. The lowest BCUT2D eigenvalue weighted by Gasteiger charge is -2.26. The number of pyridine rings is 1. The third kappa shape index (κ3) is 3.88. The van der Waals surface area contributed by atoms with Crippen molar-refractivity contribution in [1.82, 2.24) is 20.2 Å². The molecule has 2 aromatic heterocycles. The minimum atomic E-state index is -0.121. The third-order valence-electron chi connectivity index (χ3n) is 3.48. The molecule has 6 nitrogen and oxygen atoms in total. The van der Waals surface area contributed by atoms with Crippen molar-refractivity contribution in [3.05, 3.63) is 35.6 Å². The van der Waals surface area contributed by atoms with Crippen LogP contribution in [0.2, 0.25) is 0 Å². The number of aromatic nitrogens is 2. The molecule has 0 atom stereocenters. The summed E-state index contributed by atoms with van der Waals surface area (Å²) in [6.07, 6.45) is 3.44. The predicted molar refractivity (Wildman–Crippen MR) is 84.9 cm³/mol. The molecule has 116 valence electrons. The zero-order valence-corrected chi connectivity index (χ0v) is 13.0. The Labute approximate surface area is 133 Å². The number of thiazole rings is 1. The van der Waals surface area contributed by atoms with Gasteiger partial charge in [-0.25, -0.2) is 4.98 Å². The van der Waals surface area contributed by atoms with E-state index in [1.165, 1.54) is 11.3 Å². The zero-order valence-electron chi connectivity index (χ0n) is 12.2. The van der Waals surface area contributed by atoms with Gasteiger partial charge in [0, 0.05) is 49.5 Å². The van der Waals surface area contributed by atoms with Crippen molar-refractivity contribution < 1.29 is 9.53 Å². The number of amides is 1. The smallest absolute Gasteiger partial charge is 0.270 e. The fourth-order valence-electron chi connectivity index (χ4n) is 2.25. The monoisotopic (exact) mass is 318 g/mol. The molecule has 7 heteroatoms. The molecule has 0 radical (unpaired) electrons. The van der Waals surface area contributed by atoms with Gasteiger partial charge in [-0.15, -0.1) is 11.3 Å². The molecule has 0 saturated carbocycles. The van der Waals surface area contributed by atoms with Gasteiger partial charge in [-0.05, 0) is 12.1 Å². The minimum Gasteiger partial charge on any atom is -0.379 e. The molecule has 0 aromatic carbocycles. The number of hydrogen-bond donors (Lipinski definition) is 1. The summed E-state index contributed by atoms with van der Waals surface area (Å²) < 4.78 is 5.30.